The molecule has 0 aliphatic carbocycles. The van der Waals surface area contributed by atoms with Gasteiger partial charge in [-0.05, 0) is 25.0 Å². The Balaban J connectivity index is 2.27. The molecule has 1 N–H and O–H groups in total. The van der Waals surface area contributed by atoms with E-state index in [-0.39, 0.29) is 0 Å². The molecule has 2 rings (SSSR count). The first-order valence-electron chi connectivity index (χ1n) is 6.89. The van der Waals surface area contributed by atoms with Crippen molar-refractivity contribution in [1.29, 1.82) is 0 Å². The molecule has 2 aromatic rings. The van der Waals surface area contributed by atoms with Gasteiger partial charge >= 0.3 is 0 Å². The van der Waals surface area contributed by atoms with E-state index >= 15 is 0 Å². The molecule has 20 heavy (non-hydrogen) atoms. The van der Waals surface area contributed by atoms with Crippen LogP contribution in [0.25, 0.3) is 0 Å². The van der Waals surface area contributed by atoms with Gasteiger partial charge in [-0.25, -0.2) is 0 Å². The van der Waals surface area contributed by atoms with Crippen LogP contribution in [0.1, 0.15) is 35.4 Å². The second kappa shape index (κ2) is 6.09. The average molecular weight is 274 g/mol. The number of aryl methyl sites for hydroxylation is 3. The van der Waals surface area contributed by atoms with E-state index in [9.17, 15) is 5.11 Å². The summed E-state index contributed by atoms with van der Waals surface area (Å²) >= 11 is 0. The summed E-state index contributed by atoms with van der Waals surface area (Å²) in [5.41, 5.74) is 4.03. The van der Waals surface area contributed by atoms with Crippen LogP contribution in [-0.2, 0) is 19.9 Å². The number of benzene rings is 1. The van der Waals surface area contributed by atoms with Crippen molar-refractivity contribution in [2.45, 2.75) is 32.8 Å². The third-order valence-corrected chi connectivity index (χ3v) is 3.48. The lowest BCUT2D eigenvalue weighted by molar-refractivity contribution is 0.176. The van der Waals surface area contributed by atoms with E-state index in [0.717, 1.165) is 34.6 Å². The zero-order valence-corrected chi connectivity index (χ0v) is 12.6. The Morgan fingerprint density at radius 1 is 1.40 bits per heavy atom. The Morgan fingerprint density at radius 2 is 2.15 bits per heavy atom. The minimum atomic E-state index is -0.561. The lowest BCUT2D eigenvalue weighted by atomic mass is 9.99. The van der Waals surface area contributed by atoms with E-state index in [4.69, 9.17) is 4.74 Å². The summed E-state index contributed by atoms with van der Waals surface area (Å²) in [6, 6.07) is 6.02. The number of ether oxygens (including phenoxy) is 1. The Bertz CT molecular complexity index is 590. The van der Waals surface area contributed by atoms with Gasteiger partial charge in [0.1, 0.15) is 5.75 Å². The molecular formula is C16H22N2O2. The van der Waals surface area contributed by atoms with Crippen molar-refractivity contribution in [2.75, 3.05) is 7.11 Å². The second-order valence-corrected chi connectivity index (χ2v) is 5.09. The largest absolute Gasteiger partial charge is 0.496 e. The molecule has 0 fully saturated rings. The first-order valence-corrected chi connectivity index (χ1v) is 6.89. The highest BCUT2D eigenvalue weighted by molar-refractivity contribution is 5.38. The van der Waals surface area contributed by atoms with Crippen LogP contribution >= 0.6 is 0 Å². The van der Waals surface area contributed by atoms with Crippen molar-refractivity contribution in [3.8, 4) is 5.75 Å². The van der Waals surface area contributed by atoms with Gasteiger partial charge in [-0.1, -0.05) is 24.6 Å². The van der Waals surface area contributed by atoms with E-state index in [1.165, 1.54) is 0 Å². The fourth-order valence-electron chi connectivity index (χ4n) is 2.49. The van der Waals surface area contributed by atoms with Gasteiger partial charge < -0.3 is 9.84 Å². The maximum atomic E-state index is 10.5. The van der Waals surface area contributed by atoms with Crippen LogP contribution < -0.4 is 4.74 Å². The minimum absolute atomic E-state index is 0.531. The molecule has 0 radical (unpaired) electrons. The molecule has 1 heterocycles. The average Bonchev–Trinajstić information content (AvgIpc) is 2.80. The summed E-state index contributed by atoms with van der Waals surface area (Å²) in [5.74, 6) is 0.816. The summed E-state index contributed by atoms with van der Waals surface area (Å²) < 4.78 is 7.12. The molecule has 0 bridgehead atoms. The molecule has 0 spiro atoms. The van der Waals surface area contributed by atoms with Crippen LogP contribution in [0.15, 0.2) is 24.4 Å². The molecule has 4 heteroatoms. The number of hydrogen-bond donors (Lipinski definition) is 1. The molecule has 0 saturated heterocycles. The van der Waals surface area contributed by atoms with Crippen LogP contribution in [0.2, 0.25) is 0 Å². The van der Waals surface area contributed by atoms with Crippen LogP contribution in [0, 0.1) is 6.92 Å². The fourth-order valence-corrected chi connectivity index (χ4v) is 2.49. The highest BCUT2D eigenvalue weighted by Crippen LogP contribution is 2.27. The SMILES string of the molecule is CCc1nn(C)cc1C(O)Cc1cc(C)ccc1OC. The molecule has 1 atom stereocenters. The molecular weight excluding hydrogens is 252 g/mol. The molecule has 0 aliphatic rings. The smallest absolute Gasteiger partial charge is 0.122 e. The van der Waals surface area contributed by atoms with Crippen molar-refractivity contribution in [3.63, 3.8) is 0 Å². The van der Waals surface area contributed by atoms with Gasteiger partial charge in [0.25, 0.3) is 0 Å². The molecule has 108 valence electrons. The van der Waals surface area contributed by atoms with Crippen LogP contribution in [-0.4, -0.2) is 22.0 Å². The first kappa shape index (κ1) is 14.6. The topological polar surface area (TPSA) is 47.3 Å². The molecule has 1 aromatic heterocycles. The highest BCUT2D eigenvalue weighted by atomic mass is 16.5. The number of aromatic nitrogens is 2. The Morgan fingerprint density at radius 3 is 2.80 bits per heavy atom. The minimum Gasteiger partial charge on any atom is -0.496 e. The molecule has 0 amide bonds. The van der Waals surface area contributed by atoms with Crippen molar-refractivity contribution in [2.24, 2.45) is 7.05 Å². The van der Waals surface area contributed by atoms with Gasteiger partial charge in [0.2, 0.25) is 0 Å². The van der Waals surface area contributed by atoms with Crippen molar-refractivity contribution < 1.29 is 9.84 Å². The summed E-state index contributed by atoms with van der Waals surface area (Å²) in [6.45, 7) is 4.09. The third kappa shape index (κ3) is 3.02. The zero-order valence-electron chi connectivity index (χ0n) is 12.6. The fraction of sp³-hybridized carbons (Fsp3) is 0.438. The van der Waals surface area contributed by atoms with Crippen LogP contribution in [0.5, 0.6) is 5.75 Å². The molecule has 4 nitrogen and oxygen atoms in total. The summed E-state index contributed by atoms with van der Waals surface area (Å²) in [4.78, 5) is 0. The first-order chi connectivity index (χ1) is 9.55. The monoisotopic (exact) mass is 274 g/mol. The second-order valence-electron chi connectivity index (χ2n) is 5.09. The van der Waals surface area contributed by atoms with E-state index in [1.807, 2.05) is 39.2 Å². The van der Waals surface area contributed by atoms with Crippen LogP contribution in [0.3, 0.4) is 0 Å². The predicted octanol–water partition coefficient (Wildman–Crippen LogP) is 2.58. The number of aliphatic hydroxyl groups excluding tert-OH is 1. The standard InChI is InChI=1S/C16H22N2O2/c1-5-14-13(10-18(3)17-14)15(19)9-12-8-11(2)6-7-16(12)20-4/h6-8,10,15,19H,5,9H2,1-4H3. The number of methoxy groups -OCH3 is 1. The number of aliphatic hydroxyl groups is 1. The van der Waals surface area contributed by atoms with E-state index in [2.05, 4.69) is 11.2 Å². The van der Waals surface area contributed by atoms with E-state index < -0.39 is 6.10 Å². The van der Waals surface area contributed by atoms with Crippen molar-refractivity contribution in [1.82, 2.24) is 9.78 Å². The van der Waals surface area contributed by atoms with E-state index in [1.54, 1.807) is 11.8 Å². The maximum Gasteiger partial charge on any atom is 0.122 e. The Kier molecular flexibility index (Phi) is 4.45. The number of hydrogen-bond acceptors (Lipinski definition) is 3. The summed E-state index contributed by atoms with van der Waals surface area (Å²) in [6.07, 6.45) is 2.68. The number of nitrogens with zero attached hydrogens (tertiary/aromatic N) is 2. The predicted molar refractivity (Wildman–Crippen MR) is 79.0 cm³/mol. The lowest BCUT2D eigenvalue weighted by Crippen LogP contribution is -2.05. The normalized spacial score (nSPS) is 12.4. The maximum absolute atomic E-state index is 10.5. The van der Waals surface area contributed by atoms with Gasteiger partial charge in [-0.2, -0.15) is 5.10 Å². The Labute approximate surface area is 120 Å². The summed E-state index contributed by atoms with van der Waals surface area (Å²) in [7, 11) is 3.53. The molecule has 0 aliphatic heterocycles. The summed E-state index contributed by atoms with van der Waals surface area (Å²) in [5, 5.41) is 14.9. The van der Waals surface area contributed by atoms with Crippen molar-refractivity contribution in [3.05, 3.63) is 46.8 Å². The number of rotatable bonds is 5. The van der Waals surface area contributed by atoms with Gasteiger partial charge in [0, 0.05) is 25.2 Å². The van der Waals surface area contributed by atoms with Crippen molar-refractivity contribution >= 4 is 0 Å². The molecule has 1 aromatic carbocycles. The van der Waals surface area contributed by atoms with Gasteiger partial charge in [-0.15, -0.1) is 0 Å². The lowest BCUT2D eigenvalue weighted by Gasteiger charge is -2.14. The van der Waals surface area contributed by atoms with Gasteiger partial charge in [-0.3, -0.25) is 4.68 Å². The van der Waals surface area contributed by atoms with Gasteiger partial charge in [0.15, 0.2) is 0 Å². The zero-order chi connectivity index (χ0) is 14.7. The van der Waals surface area contributed by atoms with E-state index in [0.29, 0.717) is 6.42 Å². The quantitative estimate of drug-likeness (QED) is 0.911. The Hall–Kier alpha value is -1.81. The molecule has 1 unspecified atom stereocenters. The molecule has 0 saturated carbocycles. The highest BCUT2D eigenvalue weighted by Gasteiger charge is 2.17. The van der Waals surface area contributed by atoms with Gasteiger partial charge in [0.05, 0.1) is 18.9 Å². The van der Waals surface area contributed by atoms with Crippen LogP contribution in [0.4, 0.5) is 0 Å². The third-order valence-electron chi connectivity index (χ3n) is 3.48.